The summed E-state index contributed by atoms with van der Waals surface area (Å²) in [5, 5.41) is 9.22. The highest BCUT2D eigenvalue weighted by Gasteiger charge is 2.34. The molecule has 0 atom stereocenters. The molecule has 3 nitrogen and oxygen atoms in total. The summed E-state index contributed by atoms with van der Waals surface area (Å²) in [7, 11) is 0. The number of aliphatic hydroxyl groups excluding tert-OH is 1. The Bertz CT molecular complexity index is 767. The van der Waals surface area contributed by atoms with Crippen LogP contribution < -0.4 is 0 Å². The van der Waals surface area contributed by atoms with Crippen LogP contribution in [0.1, 0.15) is 51.1 Å². The summed E-state index contributed by atoms with van der Waals surface area (Å²) in [6, 6.07) is 11.2. The third kappa shape index (κ3) is 4.76. The van der Waals surface area contributed by atoms with Crippen molar-refractivity contribution >= 4 is 11.6 Å². The van der Waals surface area contributed by atoms with Crippen molar-refractivity contribution in [3.63, 3.8) is 0 Å². The van der Waals surface area contributed by atoms with E-state index in [1.807, 2.05) is 0 Å². The fourth-order valence-corrected chi connectivity index (χ4v) is 2.58. The van der Waals surface area contributed by atoms with Gasteiger partial charge in [-0.1, -0.05) is 42.5 Å². The molecule has 0 aliphatic heterocycles. The van der Waals surface area contributed by atoms with E-state index < -0.39 is 17.5 Å². The van der Waals surface area contributed by atoms with E-state index in [9.17, 15) is 27.9 Å². The molecule has 0 saturated heterocycles. The van der Waals surface area contributed by atoms with Gasteiger partial charge >= 0.3 is 6.18 Å². The molecule has 0 saturated carbocycles. The highest BCUT2D eigenvalue weighted by molar-refractivity contribution is 5.99. The first-order valence-corrected chi connectivity index (χ1v) is 7.76. The minimum absolute atomic E-state index is 0.0247. The number of Topliss-reactive ketones (excluding diaryl/α,β-unsaturated/α-hetero) is 2. The molecule has 132 valence electrons. The van der Waals surface area contributed by atoms with Crippen molar-refractivity contribution in [1.82, 2.24) is 0 Å². The minimum Gasteiger partial charge on any atom is -0.392 e. The standard InChI is InChI=1S/C19H17F3O3/c20-19(21,22)16-9-4-3-8-15(16)18(25)11-5-10-17(24)14-7-2-1-6-13(14)12-23/h1-4,6-9,23H,5,10-12H2. The summed E-state index contributed by atoms with van der Waals surface area (Å²) in [5.41, 5.74) is -0.482. The van der Waals surface area contributed by atoms with Crippen molar-refractivity contribution in [1.29, 1.82) is 0 Å². The molecule has 0 unspecified atom stereocenters. The maximum atomic E-state index is 12.9. The van der Waals surface area contributed by atoms with E-state index in [4.69, 9.17) is 0 Å². The average Bonchev–Trinajstić information content (AvgIpc) is 2.60. The molecule has 0 aliphatic rings. The molecule has 0 fully saturated rings. The SMILES string of the molecule is O=C(CCCC(=O)c1ccccc1C(F)(F)F)c1ccccc1CO. The maximum absolute atomic E-state index is 12.9. The Kier molecular flexibility index (Phi) is 6.09. The Morgan fingerprint density at radius 2 is 1.36 bits per heavy atom. The van der Waals surface area contributed by atoms with Gasteiger partial charge < -0.3 is 5.11 Å². The van der Waals surface area contributed by atoms with Gasteiger partial charge in [-0.3, -0.25) is 9.59 Å². The van der Waals surface area contributed by atoms with Crippen molar-refractivity contribution in [2.24, 2.45) is 0 Å². The second-order valence-electron chi connectivity index (χ2n) is 5.56. The first kappa shape index (κ1) is 18.9. The second kappa shape index (κ2) is 8.07. The summed E-state index contributed by atoms with van der Waals surface area (Å²) >= 11 is 0. The predicted molar refractivity (Wildman–Crippen MR) is 86.3 cm³/mol. The van der Waals surface area contributed by atoms with E-state index in [-0.39, 0.29) is 37.2 Å². The van der Waals surface area contributed by atoms with Crippen molar-refractivity contribution in [2.75, 3.05) is 0 Å². The summed E-state index contributed by atoms with van der Waals surface area (Å²) < 4.78 is 38.8. The number of hydrogen-bond donors (Lipinski definition) is 1. The van der Waals surface area contributed by atoms with E-state index in [1.165, 1.54) is 12.1 Å². The van der Waals surface area contributed by atoms with Crippen molar-refractivity contribution in [3.05, 3.63) is 70.8 Å². The fraction of sp³-hybridized carbons (Fsp3) is 0.263. The zero-order valence-electron chi connectivity index (χ0n) is 13.3. The number of ketones is 2. The van der Waals surface area contributed by atoms with Crippen LogP contribution in [-0.4, -0.2) is 16.7 Å². The molecule has 0 radical (unpaired) electrons. The number of hydrogen-bond acceptors (Lipinski definition) is 3. The van der Waals surface area contributed by atoms with Crippen LogP contribution >= 0.6 is 0 Å². The largest absolute Gasteiger partial charge is 0.417 e. The highest BCUT2D eigenvalue weighted by atomic mass is 19.4. The Balaban J connectivity index is 2.01. The zero-order chi connectivity index (χ0) is 18.4. The molecule has 1 N–H and O–H groups in total. The van der Waals surface area contributed by atoms with E-state index in [2.05, 4.69) is 0 Å². The van der Waals surface area contributed by atoms with Crippen molar-refractivity contribution < 1.29 is 27.9 Å². The number of alkyl halides is 3. The average molecular weight is 350 g/mol. The van der Waals surface area contributed by atoms with Gasteiger partial charge in [-0.25, -0.2) is 0 Å². The minimum atomic E-state index is -4.60. The van der Waals surface area contributed by atoms with Gasteiger partial charge in [0.25, 0.3) is 0 Å². The Labute approximate surface area is 143 Å². The quantitative estimate of drug-likeness (QED) is 0.752. The van der Waals surface area contributed by atoms with E-state index >= 15 is 0 Å². The normalized spacial score (nSPS) is 11.4. The van der Waals surface area contributed by atoms with Crippen LogP contribution in [0.25, 0.3) is 0 Å². The molecular formula is C19H17F3O3. The lowest BCUT2D eigenvalue weighted by molar-refractivity contribution is -0.137. The van der Waals surface area contributed by atoms with Crippen LogP contribution in [0, 0.1) is 0 Å². The van der Waals surface area contributed by atoms with Crippen LogP contribution in [-0.2, 0) is 12.8 Å². The van der Waals surface area contributed by atoms with Crippen LogP contribution in [0.4, 0.5) is 13.2 Å². The van der Waals surface area contributed by atoms with Gasteiger partial charge in [0, 0.05) is 24.0 Å². The summed E-state index contributed by atoms with van der Waals surface area (Å²) in [4.78, 5) is 24.3. The number of halogens is 3. The first-order valence-electron chi connectivity index (χ1n) is 7.76. The molecule has 2 aromatic carbocycles. The monoisotopic (exact) mass is 350 g/mol. The Morgan fingerprint density at radius 1 is 0.840 bits per heavy atom. The van der Waals surface area contributed by atoms with Crippen LogP contribution in [0.15, 0.2) is 48.5 Å². The van der Waals surface area contributed by atoms with Gasteiger partial charge in [0.05, 0.1) is 12.2 Å². The number of benzene rings is 2. The maximum Gasteiger partial charge on any atom is 0.417 e. The second-order valence-corrected chi connectivity index (χ2v) is 5.56. The summed E-state index contributed by atoms with van der Waals surface area (Å²) in [6.45, 7) is -0.278. The molecule has 0 amide bonds. The van der Waals surface area contributed by atoms with Gasteiger partial charge in [0.15, 0.2) is 11.6 Å². The molecule has 6 heteroatoms. The van der Waals surface area contributed by atoms with Crippen molar-refractivity contribution in [2.45, 2.75) is 32.0 Å². The molecule has 0 heterocycles. The topological polar surface area (TPSA) is 54.4 Å². The number of carbonyl (C=O) groups excluding carboxylic acids is 2. The van der Waals surface area contributed by atoms with Gasteiger partial charge in [0.2, 0.25) is 0 Å². The smallest absolute Gasteiger partial charge is 0.392 e. The molecule has 25 heavy (non-hydrogen) atoms. The van der Waals surface area contributed by atoms with Gasteiger partial charge in [-0.2, -0.15) is 13.2 Å². The fourth-order valence-electron chi connectivity index (χ4n) is 2.58. The molecule has 0 aliphatic carbocycles. The van der Waals surface area contributed by atoms with E-state index in [0.29, 0.717) is 11.1 Å². The van der Waals surface area contributed by atoms with Gasteiger partial charge in [-0.15, -0.1) is 0 Å². The lowest BCUT2D eigenvalue weighted by atomic mass is 9.96. The third-order valence-electron chi connectivity index (χ3n) is 3.83. The van der Waals surface area contributed by atoms with E-state index in [1.54, 1.807) is 24.3 Å². The molecule has 0 bridgehead atoms. The predicted octanol–water partition coefficient (Wildman–Crippen LogP) is 4.43. The zero-order valence-corrected chi connectivity index (χ0v) is 13.3. The van der Waals surface area contributed by atoms with Crippen LogP contribution in [0.2, 0.25) is 0 Å². The lowest BCUT2D eigenvalue weighted by Gasteiger charge is -2.11. The summed E-state index contributed by atoms with van der Waals surface area (Å²) in [6.07, 6.45) is -4.58. The number of carbonyl (C=O) groups is 2. The number of rotatable bonds is 7. The molecule has 0 aromatic heterocycles. The van der Waals surface area contributed by atoms with Crippen molar-refractivity contribution in [3.8, 4) is 0 Å². The molecular weight excluding hydrogens is 333 g/mol. The Morgan fingerprint density at radius 3 is 1.96 bits per heavy atom. The van der Waals surface area contributed by atoms with Gasteiger partial charge in [-0.05, 0) is 18.1 Å². The number of aliphatic hydroxyl groups is 1. The highest BCUT2D eigenvalue weighted by Crippen LogP contribution is 2.32. The Hall–Kier alpha value is -2.47. The molecule has 2 rings (SSSR count). The van der Waals surface area contributed by atoms with Gasteiger partial charge in [0.1, 0.15) is 0 Å². The lowest BCUT2D eigenvalue weighted by Crippen LogP contribution is -2.13. The van der Waals surface area contributed by atoms with E-state index in [0.717, 1.165) is 12.1 Å². The third-order valence-corrected chi connectivity index (χ3v) is 3.83. The molecule has 0 spiro atoms. The molecule has 2 aromatic rings. The first-order chi connectivity index (χ1) is 11.8. The summed E-state index contributed by atoms with van der Waals surface area (Å²) in [5.74, 6) is -0.891. The van der Waals surface area contributed by atoms with Crippen LogP contribution in [0.5, 0.6) is 0 Å². The van der Waals surface area contributed by atoms with Crippen LogP contribution in [0.3, 0.4) is 0 Å².